The van der Waals surface area contributed by atoms with Gasteiger partial charge in [0.25, 0.3) is 0 Å². The normalized spacial score (nSPS) is 10.5. The number of hydrogen-bond donors (Lipinski definition) is 1. The van der Waals surface area contributed by atoms with Gasteiger partial charge in [-0.05, 0) is 49.0 Å². The number of ether oxygens (including phenoxy) is 1. The summed E-state index contributed by atoms with van der Waals surface area (Å²) in [6.07, 6.45) is 0. The molecule has 0 aliphatic rings. The van der Waals surface area contributed by atoms with E-state index >= 15 is 0 Å². The molecule has 0 heterocycles. The summed E-state index contributed by atoms with van der Waals surface area (Å²) in [7, 11) is 3.61. The minimum absolute atomic E-state index is 0.760. The molecule has 0 unspecified atom stereocenters. The molecule has 19 heavy (non-hydrogen) atoms. The first-order chi connectivity index (χ1) is 9.22. The van der Waals surface area contributed by atoms with Crippen LogP contribution in [0.3, 0.4) is 0 Å². The van der Waals surface area contributed by atoms with E-state index in [1.807, 2.05) is 43.4 Å². The molecule has 100 valence electrons. The third kappa shape index (κ3) is 3.90. The maximum Gasteiger partial charge on any atom is 0.118 e. The zero-order valence-corrected chi connectivity index (χ0v) is 12.5. The summed E-state index contributed by atoms with van der Waals surface area (Å²) in [4.78, 5) is 2.34. The number of hydrogen-bond acceptors (Lipinski definition) is 3. The number of halogens is 1. The van der Waals surface area contributed by atoms with E-state index in [-0.39, 0.29) is 0 Å². The lowest BCUT2D eigenvalue weighted by atomic mass is 10.2. The minimum atomic E-state index is 0.760. The monoisotopic (exact) mass is 293 g/mol. The van der Waals surface area contributed by atoms with Gasteiger partial charge in [-0.1, -0.05) is 29.4 Å². The Balaban J connectivity index is 2.23. The molecule has 2 nitrogen and oxygen atoms in total. The molecule has 2 aromatic rings. The number of benzene rings is 2. The quantitative estimate of drug-likeness (QED) is 0.892. The van der Waals surface area contributed by atoms with E-state index < -0.39 is 0 Å². The highest BCUT2D eigenvalue weighted by Gasteiger charge is 2.05. The predicted octanol–water partition coefficient (Wildman–Crippen LogP) is 4.22. The van der Waals surface area contributed by atoms with E-state index in [1.54, 1.807) is 18.9 Å². The van der Waals surface area contributed by atoms with E-state index in [9.17, 15) is 0 Å². The highest BCUT2D eigenvalue weighted by Crippen LogP contribution is 2.33. The van der Waals surface area contributed by atoms with Crippen molar-refractivity contribution in [3.8, 4) is 5.75 Å². The van der Waals surface area contributed by atoms with Gasteiger partial charge in [0.15, 0.2) is 0 Å². The molecule has 0 amide bonds. The average Bonchev–Trinajstić information content (AvgIpc) is 2.43. The molecule has 0 aliphatic heterocycles. The molecule has 0 fully saturated rings. The molecule has 0 aromatic heterocycles. The summed E-state index contributed by atoms with van der Waals surface area (Å²) in [6.45, 7) is 0.829. The minimum Gasteiger partial charge on any atom is -0.497 e. The van der Waals surface area contributed by atoms with Crippen LogP contribution in [0.5, 0.6) is 5.75 Å². The van der Waals surface area contributed by atoms with Gasteiger partial charge in [-0.15, -0.1) is 0 Å². The summed E-state index contributed by atoms with van der Waals surface area (Å²) in [6, 6.07) is 14.0. The Morgan fingerprint density at radius 3 is 2.53 bits per heavy atom. The first-order valence-corrected chi connectivity index (χ1v) is 7.17. The standard InChI is InChI=1S/C15H16ClNOS/c1-17-10-11-3-4-12(16)9-15(11)19-14-7-5-13(18-2)6-8-14/h3-9,17H,10H2,1-2H3. The van der Waals surface area contributed by atoms with Crippen LogP contribution in [0.25, 0.3) is 0 Å². The summed E-state index contributed by atoms with van der Waals surface area (Å²) >= 11 is 7.78. The Kier molecular flexibility index (Phi) is 5.14. The first-order valence-electron chi connectivity index (χ1n) is 5.98. The Morgan fingerprint density at radius 2 is 1.89 bits per heavy atom. The van der Waals surface area contributed by atoms with Crippen LogP contribution in [-0.2, 0) is 6.54 Å². The SMILES string of the molecule is CNCc1ccc(Cl)cc1Sc1ccc(OC)cc1. The topological polar surface area (TPSA) is 21.3 Å². The van der Waals surface area contributed by atoms with Crippen LogP contribution in [0.1, 0.15) is 5.56 Å². The van der Waals surface area contributed by atoms with Gasteiger partial charge in [0.2, 0.25) is 0 Å². The van der Waals surface area contributed by atoms with Crippen LogP contribution in [0.2, 0.25) is 5.02 Å². The number of rotatable bonds is 5. The summed E-state index contributed by atoms with van der Waals surface area (Å²) in [5.41, 5.74) is 1.24. The van der Waals surface area contributed by atoms with Crippen molar-refractivity contribution in [2.75, 3.05) is 14.2 Å². The van der Waals surface area contributed by atoms with E-state index in [4.69, 9.17) is 16.3 Å². The molecule has 0 radical (unpaired) electrons. The van der Waals surface area contributed by atoms with E-state index in [2.05, 4.69) is 11.4 Å². The van der Waals surface area contributed by atoms with Crippen LogP contribution >= 0.6 is 23.4 Å². The lowest BCUT2D eigenvalue weighted by Gasteiger charge is -2.10. The highest BCUT2D eigenvalue weighted by molar-refractivity contribution is 7.99. The number of nitrogens with one attached hydrogen (secondary N) is 1. The summed E-state index contributed by atoms with van der Waals surface area (Å²) in [5.74, 6) is 0.867. The van der Waals surface area contributed by atoms with Gasteiger partial charge < -0.3 is 10.1 Å². The Labute approximate surface area is 123 Å². The van der Waals surface area contributed by atoms with E-state index in [0.29, 0.717) is 0 Å². The molecule has 0 bridgehead atoms. The van der Waals surface area contributed by atoms with Crippen molar-refractivity contribution in [2.24, 2.45) is 0 Å². The molecule has 2 rings (SSSR count). The Hall–Kier alpha value is -1.16. The van der Waals surface area contributed by atoms with Crippen molar-refractivity contribution < 1.29 is 4.74 Å². The molecule has 0 aliphatic carbocycles. The maximum absolute atomic E-state index is 6.08. The molecule has 0 spiro atoms. The lowest BCUT2D eigenvalue weighted by Crippen LogP contribution is -2.05. The fourth-order valence-electron chi connectivity index (χ4n) is 1.73. The third-order valence-electron chi connectivity index (χ3n) is 2.68. The molecule has 2 aromatic carbocycles. The van der Waals surface area contributed by atoms with Gasteiger partial charge in [0.05, 0.1) is 7.11 Å². The zero-order chi connectivity index (χ0) is 13.7. The molecule has 0 atom stereocenters. The average molecular weight is 294 g/mol. The molecule has 0 saturated heterocycles. The van der Waals surface area contributed by atoms with Crippen LogP contribution < -0.4 is 10.1 Å². The smallest absolute Gasteiger partial charge is 0.118 e. The van der Waals surface area contributed by atoms with Gasteiger partial charge in [-0.2, -0.15) is 0 Å². The van der Waals surface area contributed by atoms with Crippen LogP contribution in [0, 0.1) is 0 Å². The van der Waals surface area contributed by atoms with Gasteiger partial charge in [0, 0.05) is 21.4 Å². The third-order valence-corrected chi connectivity index (χ3v) is 4.03. The van der Waals surface area contributed by atoms with Crippen LogP contribution in [0.4, 0.5) is 0 Å². The van der Waals surface area contributed by atoms with Gasteiger partial charge >= 0.3 is 0 Å². The molecule has 1 N–H and O–H groups in total. The van der Waals surface area contributed by atoms with Crippen molar-refractivity contribution in [3.63, 3.8) is 0 Å². The van der Waals surface area contributed by atoms with Crippen molar-refractivity contribution in [1.29, 1.82) is 0 Å². The first kappa shape index (κ1) is 14.3. The molecular weight excluding hydrogens is 278 g/mol. The largest absolute Gasteiger partial charge is 0.497 e. The molecule has 4 heteroatoms. The Morgan fingerprint density at radius 1 is 1.16 bits per heavy atom. The van der Waals surface area contributed by atoms with Crippen molar-refractivity contribution in [1.82, 2.24) is 5.32 Å². The van der Waals surface area contributed by atoms with Gasteiger partial charge in [-0.25, -0.2) is 0 Å². The van der Waals surface area contributed by atoms with Crippen molar-refractivity contribution in [2.45, 2.75) is 16.3 Å². The zero-order valence-electron chi connectivity index (χ0n) is 10.9. The Bertz CT molecular complexity index is 542. The second-order valence-electron chi connectivity index (χ2n) is 4.06. The van der Waals surface area contributed by atoms with E-state index in [1.165, 1.54) is 15.4 Å². The number of methoxy groups -OCH3 is 1. The molecular formula is C15H16ClNOS. The second kappa shape index (κ2) is 6.85. The fourth-order valence-corrected chi connectivity index (χ4v) is 2.95. The predicted molar refractivity (Wildman–Crippen MR) is 81.3 cm³/mol. The maximum atomic E-state index is 6.08. The van der Waals surface area contributed by atoms with E-state index in [0.717, 1.165) is 17.3 Å². The molecule has 0 saturated carbocycles. The van der Waals surface area contributed by atoms with Gasteiger partial charge in [0.1, 0.15) is 5.75 Å². The van der Waals surface area contributed by atoms with Crippen molar-refractivity contribution >= 4 is 23.4 Å². The van der Waals surface area contributed by atoms with Gasteiger partial charge in [-0.3, -0.25) is 0 Å². The summed E-state index contributed by atoms with van der Waals surface area (Å²) < 4.78 is 5.16. The van der Waals surface area contributed by atoms with Crippen LogP contribution in [0.15, 0.2) is 52.3 Å². The highest BCUT2D eigenvalue weighted by atomic mass is 35.5. The van der Waals surface area contributed by atoms with Crippen LogP contribution in [-0.4, -0.2) is 14.2 Å². The fraction of sp³-hybridized carbons (Fsp3) is 0.200. The lowest BCUT2D eigenvalue weighted by molar-refractivity contribution is 0.414. The second-order valence-corrected chi connectivity index (χ2v) is 5.61. The van der Waals surface area contributed by atoms with Crippen molar-refractivity contribution in [3.05, 3.63) is 53.1 Å². The summed E-state index contributed by atoms with van der Waals surface area (Å²) in [5, 5.41) is 3.93.